The van der Waals surface area contributed by atoms with Crippen LogP contribution in [-0.4, -0.2) is 20.4 Å². The van der Waals surface area contributed by atoms with Crippen molar-refractivity contribution in [1.82, 2.24) is 0 Å². The first-order valence-electron chi connectivity index (χ1n) is 9.49. The third-order valence-electron chi connectivity index (χ3n) is 4.35. The first-order chi connectivity index (χ1) is 15.2. The number of anilines is 2. The second-order valence-electron chi connectivity index (χ2n) is 6.72. The molecule has 0 aliphatic heterocycles. The molecule has 0 fully saturated rings. The van der Waals surface area contributed by atoms with Crippen LogP contribution in [0.3, 0.4) is 0 Å². The summed E-state index contributed by atoms with van der Waals surface area (Å²) in [6.07, 6.45) is -0.318. The minimum Gasteiger partial charge on any atom is -0.481 e. The average molecular weight is 514 g/mol. The number of sulfonamides is 1. The predicted molar refractivity (Wildman–Crippen MR) is 129 cm³/mol. The number of hydrogen-bond donors (Lipinski definition) is 2. The first-order valence-corrected chi connectivity index (χ1v) is 12.1. The van der Waals surface area contributed by atoms with Crippen LogP contribution in [-0.2, 0) is 14.8 Å². The summed E-state index contributed by atoms with van der Waals surface area (Å²) >= 11 is 17.8. The van der Waals surface area contributed by atoms with Gasteiger partial charge in [-0.3, -0.25) is 9.52 Å². The van der Waals surface area contributed by atoms with Crippen LogP contribution < -0.4 is 14.8 Å². The molecule has 168 valence electrons. The van der Waals surface area contributed by atoms with Gasteiger partial charge in [-0.2, -0.15) is 0 Å². The normalized spacial score (nSPS) is 12.1. The molecule has 3 rings (SSSR count). The van der Waals surface area contributed by atoms with E-state index in [-0.39, 0.29) is 21.5 Å². The van der Waals surface area contributed by atoms with Crippen LogP contribution in [0.5, 0.6) is 5.75 Å². The molecule has 0 radical (unpaired) electrons. The molecule has 2 N–H and O–H groups in total. The van der Waals surface area contributed by atoms with Gasteiger partial charge < -0.3 is 10.1 Å². The molecule has 0 spiro atoms. The lowest BCUT2D eigenvalue weighted by molar-refractivity contribution is -0.122. The molecule has 0 bridgehead atoms. The van der Waals surface area contributed by atoms with Crippen molar-refractivity contribution in [2.45, 2.75) is 24.3 Å². The Morgan fingerprint density at radius 2 is 1.66 bits per heavy atom. The maximum absolute atomic E-state index is 12.6. The van der Waals surface area contributed by atoms with E-state index in [0.717, 1.165) is 0 Å². The molecular formula is C22H19Cl3N2O4S. The molecule has 6 nitrogen and oxygen atoms in total. The van der Waals surface area contributed by atoms with Crippen molar-refractivity contribution in [1.29, 1.82) is 0 Å². The summed E-state index contributed by atoms with van der Waals surface area (Å²) in [7, 11) is -3.89. The van der Waals surface area contributed by atoms with Gasteiger partial charge in [-0.15, -0.1) is 0 Å². The lowest BCUT2D eigenvalue weighted by Crippen LogP contribution is -2.32. The van der Waals surface area contributed by atoms with Crippen LogP contribution in [0.1, 0.15) is 13.3 Å². The van der Waals surface area contributed by atoms with E-state index in [2.05, 4.69) is 10.0 Å². The minimum absolute atomic E-state index is 0.00346. The molecule has 1 atom stereocenters. The molecule has 0 saturated heterocycles. The van der Waals surface area contributed by atoms with E-state index in [1.165, 1.54) is 42.5 Å². The third kappa shape index (κ3) is 6.29. The molecule has 1 amide bonds. The van der Waals surface area contributed by atoms with E-state index < -0.39 is 16.1 Å². The Bertz CT molecular complexity index is 1220. The fourth-order valence-electron chi connectivity index (χ4n) is 2.74. The molecule has 3 aromatic carbocycles. The van der Waals surface area contributed by atoms with Crippen LogP contribution >= 0.6 is 34.8 Å². The summed E-state index contributed by atoms with van der Waals surface area (Å²) in [5.41, 5.74) is 0.629. The lowest BCUT2D eigenvalue weighted by atomic mass is 10.2. The van der Waals surface area contributed by atoms with Crippen molar-refractivity contribution in [3.63, 3.8) is 0 Å². The molecule has 0 unspecified atom stereocenters. The Morgan fingerprint density at radius 1 is 0.969 bits per heavy atom. The second kappa shape index (κ2) is 10.4. The third-order valence-corrected chi connectivity index (χ3v) is 6.51. The average Bonchev–Trinajstić information content (AvgIpc) is 2.74. The van der Waals surface area contributed by atoms with E-state index in [4.69, 9.17) is 39.5 Å². The Labute approximate surface area is 201 Å². The minimum atomic E-state index is -3.89. The highest BCUT2D eigenvalue weighted by Crippen LogP contribution is 2.28. The summed E-state index contributed by atoms with van der Waals surface area (Å²) in [5, 5.41) is 3.79. The van der Waals surface area contributed by atoms with E-state index >= 15 is 0 Å². The fraction of sp³-hybridized carbons (Fsp3) is 0.136. The molecule has 3 aromatic rings. The highest BCUT2D eigenvalue weighted by Gasteiger charge is 2.20. The summed E-state index contributed by atoms with van der Waals surface area (Å²) in [6.45, 7) is 1.82. The lowest BCUT2D eigenvalue weighted by Gasteiger charge is -2.17. The van der Waals surface area contributed by atoms with Gasteiger partial charge in [0.15, 0.2) is 6.10 Å². The van der Waals surface area contributed by atoms with Crippen molar-refractivity contribution in [3.05, 3.63) is 81.8 Å². The fourth-order valence-corrected chi connectivity index (χ4v) is 4.51. The zero-order chi connectivity index (χ0) is 23.3. The van der Waals surface area contributed by atoms with Crippen LogP contribution in [0.4, 0.5) is 11.4 Å². The number of rotatable bonds is 8. The Hall–Kier alpha value is -2.45. The SMILES string of the molecule is CC[C@@H](Oc1cccc(Cl)c1)C(=O)Nc1ccc(S(=O)(=O)Nc2ccc(Cl)cc2Cl)cc1. The Kier molecular flexibility index (Phi) is 7.90. The zero-order valence-electron chi connectivity index (χ0n) is 16.8. The van der Waals surface area contributed by atoms with Gasteiger partial charge in [0, 0.05) is 15.7 Å². The number of halogens is 3. The van der Waals surface area contributed by atoms with Crippen LogP contribution in [0.2, 0.25) is 15.1 Å². The highest BCUT2D eigenvalue weighted by atomic mass is 35.5. The van der Waals surface area contributed by atoms with Crippen LogP contribution in [0.25, 0.3) is 0 Å². The van der Waals surface area contributed by atoms with Gasteiger partial charge in [-0.1, -0.05) is 47.8 Å². The van der Waals surface area contributed by atoms with Crippen molar-refractivity contribution in [2.24, 2.45) is 0 Å². The van der Waals surface area contributed by atoms with Crippen LogP contribution in [0.15, 0.2) is 71.6 Å². The number of ether oxygens (including phenoxy) is 1. The molecule has 0 aliphatic rings. The molecular weight excluding hydrogens is 495 g/mol. The zero-order valence-corrected chi connectivity index (χ0v) is 19.9. The summed E-state index contributed by atoms with van der Waals surface area (Å²) < 4.78 is 33.4. The molecule has 0 heterocycles. The molecule has 0 aliphatic carbocycles. The quantitative estimate of drug-likeness (QED) is 0.373. The Morgan fingerprint density at radius 3 is 2.28 bits per heavy atom. The van der Waals surface area contributed by atoms with Gasteiger partial charge in [-0.05, 0) is 67.1 Å². The van der Waals surface area contributed by atoms with Crippen LogP contribution in [0, 0.1) is 0 Å². The van der Waals surface area contributed by atoms with Gasteiger partial charge in [0.2, 0.25) is 0 Å². The maximum Gasteiger partial charge on any atom is 0.265 e. The number of carbonyl (C=O) groups is 1. The van der Waals surface area contributed by atoms with Gasteiger partial charge in [0.1, 0.15) is 5.75 Å². The highest BCUT2D eigenvalue weighted by molar-refractivity contribution is 7.92. The van der Waals surface area contributed by atoms with Crippen molar-refractivity contribution in [3.8, 4) is 5.75 Å². The topological polar surface area (TPSA) is 84.5 Å². The summed E-state index contributed by atoms with van der Waals surface area (Å²) in [6, 6.07) is 16.9. The molecule has 0 aromatic heterocycles. The Balaban J connectivity index is 1.68. The smallest absolute Gasteiger partial charge is 0.265 e. The van der Waals surface area contributed by atoms with Crippen molar-refractivity contribution < 1.29 is 17.9 Å². The standard InChI is InChI=1S/C22H19Cl3N2O4S/c1-2-21(31-17-5-3-4-14(23)12-17)22(28)26-16-7-9-18(10-8-16)32(29,30)27-20-11-6-15(24)13-19(20)25/h3-13,21,27H,2H2,1H3,(H,26,28)/t21-/m1/s1. The number of amides is 1. The first kappa shape index (κ1) is 24.2. The van der Waals surface area contributed by atoms with Gasteiger partial charge in [0.05, 0.1) is 15.6 Å². The molecule has 0 saturated carbocycles. The van der Waals surface area contributed by atoms with Gasteiger partial charge in [-0.25, -0.2) is 8.42 Å². The summed E-state index contributed by atoms with van der Waals surface area (Å²) in [4.78, 5) is 12.6. The predicted octanol–water partition coefficient (Wildman–Crippen LogP) is 6.24. The van der Waals surface area contributed by atoms with Gasteiger partial charge >= 0.3 is 0 Å². The number of carbonyl (C=O) groups excluding carboxylic acids is 1. The number of benzene rings is 3. The van der Waals surface area contributed by atoms with E-state index in [0.29, 0.717) is 27.9 Å². The summed E-state index contributed by atoms with van der Waals surface area (Å²) in [5.74, 6) is 0.113. The maximum atomic E-state index is 12.6. The van der Waals surface area contributed by atoms with Crippen molar-refractivity contribution >= 4 is 62.1 Å². The van der Waals surface area contributed by atoms with Crippen molar-refractivity contribution in [2.75, 3.05) is 10.0 Å². The largest absolute Gasteiger partial charge is 0.481 e. The van der Waals surface area contributed by atoms with Gasteiger partial charge in [0.25, 0.3) is 15.9 Å². The van der Waals surface area contributed by atoms with E-state index in [9.17, 15) is 13.2 Å². The van der Waals surface area contributed by atoms with E-state index in [1.807, 2.05) is 6.92 Å². The molecule has 32 heavy (non-hydrogen) atoms. The second-order valence-corrected chi connectivity index (χ2v) is 9.68. The number of nitrogens with one attached hydrogen (secondary N) is 2. The molecule has 10 heteroatoms. The van der Waals surface area contributed by atoms with E-state index in [1.54, 1.807) is 24.3 Å². The monoisotopic (exact) mass is 512 g/mol. The number of hydrogen-bond acceptors (Lipinski definition) is 4.